The number of rotatable bonds is 7. The quantitative estimate of drug-likeness (QED) is 0.166. The number of nitrogens with zero attached hydrogens (tertiary/aromatic N) is 2. The van der Waals surface area contributed by atoms with Crippen molar-refractivity contribution in [2.24, 2.45) is 0 Å². The number of nitrogens with one attached hydrogen (secondary N) is 1. The lowest BCUT2D eigenvalue weighted by Crippen LogP contribution is -2.10. The van der Waals surface area contributed by atoms with Gasteiger partial charge in [-0.25, -0.2) is 8.78 Å². The number of benzene rings is 2. The number of anilines is 1. The van der Waals surface area contributed by atoms with Gasteiger partial charge < -0.3 is 14.8 Å². The molecular weight excluding hydrogens is 605 g/mol. The number of ether oxygens (including phenoxy) is 2. The molecule has 1 N–H and O–H groups in total. The topological polar surface area (TPSA) is 56.3 Å². The average Bonchev–Trinajstić information content (AvgIpc) is 2.74. The fourth-order valence-corrected chi connectivity index (χ4v) is 3.18. The largest absolute Gasteiger partial charge is 0.437 e. The van der Waals surface area contributed by atoms with E-state index in [0.29, 0.717) is 30.7 Å². The lowest BCUT2D eigenvalue weighted by atomic mass is 10.2. The zero-order chi connectivity index (χ0) is 26.0. The summed E-state index contributed by atoms with van der Waals surface area (Å²) < 4.78 is 117. The molecule has 2 aromatic carbocycles. The second-order valence-corrected chi connectivity index (χ2v) is 7.85. The van der Waals surface area contributed by atoms with Crippen LogP contribution in [-0.2, 0) is 12.4 Å². The second kappa shape index (κ2) is 10.4. The molecule has 35 heavy (non-hydrogen) atoms. The molecule has 0 bridgehead atoms. The maximum absolute atomic E-state index is 13.6. The van der Waals surface area contributed by atoms with E-state index in [4.69, 9.17) is 9.47 Å². The predicted molar refractivity (Wildman–Crippen MR) is 116 cm³/mol. The van der Waals surface area contributed by atoms with Crippen molar-refractivity contribution in [1.82, 2.24) is 9.97 Å². The molecule has 0 spiro atoms. The Balaban J connectivity index is 2.05. The molecule has 0 saturated carbocycles. The first kappa shape index (κ1) is 26.7. The van der Waals surface area contributed by atoms with Crippen molar-refractivity contribution in [1.29, 1.82) is 0 Å². The zero-order valence-electron chi connectivity index (χ0n) is 17.5. The molecule has 188 valence electrons. The number of hydrogen-bond acceptors (Lipinski definition) is 5. The summed E-state index contributed by atoms with van der Waals surface area (Å²) in [4.78, 5) is 8.01. The molecular formula is C21H14F8IN3O2. The summed E-state index contributed by atoms with van der Waals surface area (Å²) >= 11 is 1.63. The van der Waals surface area contributed by atoms with Crippen molar-refractivity contribution in [3.8, 4) is 23.3 Å². The third-order valence-corrected chi connectivity index (χ3v) is 4.77. The SMILES string of the molecule is CCCNc1c(Oc2ccc(F)c(C(F)(F)F)c2)nc(I)nc1Oc1ccc(F)c(C(F)(F)F)c1. The van der Waals surface area contributed by atoms with Crippen molar-refractivity contribution in [3.63, 3.8) is 0 Å². The van der Waals surface area contributed by atoms with E-state index < -0.39 is 46.6 Å². The standard InChI is InChI=1S/C21H14F8IN3O2/c1-2-7-31-16-17(34-10-3-5-14(22)12(8-10)20(24,25)26)32-19(30)33-18(16)35-11-4-6-15(23)13(9-11)21(27,28)29/h3-6,8-9,31H,2,7H2,1H3. The summed E-state index contributed by atoms with van der Waals surface area (Å²) in [7, 11) is 0. The van der Waals surface area contributed by atoms with Gasteiger partial charge in [0, 0.05) is 29.1 Å². The molecule has 0 fully saturated rings. The van der Waals surface area contributed by atoms with Gasteiger partial charge >= 0.3 is 12.4 Å². The minimum absolute atomic E-state index is 0.0361. The fraction of sp³-hybridized carbons (Fsp3) is 0.238. The van der Waals surface area contributed by atoms with E-state index in [1.165, 1.54) is 0 Å². The molecule has 0 amide bonds. The monoisotopic (exact) mass is 619 g/mol. The highest BCUT2D eigenvalue weighted by Gasteiger charge is 2.35. The van der Waals surface area contributed by atoms with Gasteiger partial charge in [-0.3, -0.25) is 0 Å². The molecule has 0 aliphatic carbocycles. The Morgan fingerprint density at radius 2 is 1.23 bits per heavy atom. The van der Waals surface area contributed by atoms with E-state index in [1.807, 2.05) is 0 Å². The molecule has 1 heterocycles. The van der Waals surface area contributed by atoms with Crippen LogP contribution < -0.4 is 14.8 Å². The molecule has 0 aliphatic rings. The van der Waals surface area contributed by atoms with E-state index in [-0.39, 0.29) is 27.8 Å². The van der Waals surface area contributed by atoms with Gasteiger partial charge in [0.25, 0.3) is 11.8 Å². The summed E-state index contributed by atoms with van der Waals surface area (Å²) in [6, 6.07) is 3.89. The summed E-state index contributed by atoms with van der Waals surface area (Å²) in [6.45, 7) is 2.05. The second-order valence-electron chi connectivity index (χ2n) is 6.89. The van der Waals surface area contributed by atoms with Crippen LogP contribution in [0, 0.1) is 15.5 Å². The minimum Gasteiger partial charge on any atom is -0.437 e. The van der Waals surface area contributed by atoms with Crippen molar-refractivity contribution in [3.05, 3.63) is 63.0 Å². The molecule has 0 saturated heterocycles. The van der Waals surface area contributed by atoms with Gasteiger partial charge in [-0.2, -0.15) is 36.3 Å². The van der Waals surface area contributed by atoms with Crippen LogP contribution in [-0.4, -0.2) is 16.5 Å². The van der Waals surface area contributed by atoms with Crippen LogP contribution in [0.2, 0.25) is 0 Å². The lowest BCUT2D eigenvalue weighted by Gasteiger charge is -2.17. The van der Waals surface area contributed by atoms with Crippen molar-refractivity contribution >= 4 is 28.3 Å². The number of aromatic nitrogens is 2. The smallest absolute Gasteiger partial charge is 0.419 e. The summed E-state index contributed by atoms with van der Waals surface area (Å²) in [6.07, 6.45) is -9.42. The van der Waals surface area contributed by atoms with E-state index in [0.717, 1.165) is 12.1 Å². The molecule has 5 nitrogen and oxygen atoms in total. The van der Waals surface area contributed by atoms with Crippen LogP contribution in [0.1, 0.15) is 24.5 Å². The molecule has 0 aliphatic heterocycles. The van der Waals surface area contributed by atoms with E-state index in [1.54, 1.807) is 29.5 Å². The molecule has 1 aromatic heterocycles. The summed E-state index contributed by atoms with van der Waals surface area (Å²) in [5, 5.41) is 2.84. The summed E-state index contributed by atoms with van der Waals surface area (Å²) in [5.41, 5.74) is -3.23. The highest BCUT2D eigenvalue weighted by atomic mass is 127. The Kier molecular flexibility index (Phi) is 7.91. The fourth-order valence-electron chi connectivity index (χ4n) is 2.74. The Hall–Kier alpha value is -2.91. The molecule has 0 unspecified atom stereocenters. The first-order chi connectivity index (χ1) is 16.3. The first-order valence-electron chi connectivity index (χ1n) is 9.70. The summed E-state index contributed by atoms with van der Waals surface area (Å²) in [5.74, 6) is -4.50. The van der Waals surface area contributed by atoms with E-state index in [2.05, 4.69) is 15.3 Å². The van der Waals surface area contributed by atoms with Crippen molar-refractivity contribution < 1.29 is 44.6 Å². The van der Waals surface area contributed by atoms with Crippen LogP contribution in [0.15, 0.2) is 36.4 Å². The van der Waals surface area contributed by atoms with Gasteiger partial charge in [0.15, 0.2) is 9.52 Å². The lowest BCUT2D eigenvalue weighted by molar-refractivity contribution is -0.140. The first-order valence-corrected chi connectivity index (χ1v) is 10.8. The van der Waals surface area contributed by atoms with Gasteiger partial charge in [-0.05, 0) is 42.8 Å². The maximum Gasteiger partial charge on any atom is 0.419 e. The van der Waals surface area contributed by atoms with Gasteiger partial charge in [0.05, 0.1) is 11.1 Å². The van der Waals surface area contributed by atoms with Crippen LogP contribution in [0.3, 0.4) is 0 Å². The molecule has 14 heteroatoms. The Bertz CT molecular complexity index is 1130. The van der Waals surface area contributed by atoms with Gasteiger partial charge in [0.1, 0.15) is 23.1 Å². The number of halogens is 9. The zero-order valence-corrected chi connectivity index (χ0v) is 19.6. The Labute approximate surface area is 206 Å². The van der Waals surface area contributed by atoms with Crippen LogP contribution >= 0.6 is 22.6 Å². The molecule has 0 atom stereocenters. The highest BCUT2D eigenvalue weighted by molar-refractivity contribution is 14.1. The van der Waals surface area contributed by atoms with Crippen LogP contribution in [0.5, 0.6) is 23.3 Å². The van der Waals surface area contributed by atoms with Crippen LogP contribution in [0.4, 0.5) is 40.8 Å². The molecule has 0 radical (unpaired) electrons. The maximum atomic E-state index is 13.6. The third-order valence-electron chi connectivity index (χ3n) is 4.28. The van der Waals surface area contributed by atoms with Gasteiger partial charge in [-0.15, -0.1) is 0 Å². The van der Waals surface area contributed by atoms with Gasteiger partial charge in [0.2, 0.25) is 0 Å². The van der Waals surface area contributed by atoms with Crippen molar-refractivity contribution in [2.45, 2.75) is 25.7 Å². The van der Waals surface area contributed by atoms with Gasteiger partial charge in [-0.1, -0.05) is 6.92 Å². The normalized spacial score (nSPS) is 11.9. The number of alkyl halides is 6. The number of hydrogen-bond donors (Lipinski definition) is 1. The minimum atomic E-state index is -4.99. The average molecular weight is 619 g/mol. The van der Waals surface area contributed by atoms with E-state index >= 15 is 0 Å². The Morgan fingerprint density at radius 3 is 1.60 bits per heavy atom. The van der Waals surface area contributed by atoms with E-state index in [9.17, 15) is 35.1 Å². The Morgan fingerprint density at radius 1 is 0.800 bits per heavy atom. The van der Waals surface area contributed by atoms with Crippen molar-refractivity contribution in [2.75, 3.05) is 11.9 Å². The molecule has 3 aromatic rings. The van der Waals surface area contributed by atoms with Crippen LogP contribution in [0.25, 0.3) is 0 Å². The highest BCUT2D eigenvalue weighted by Crippen LogP contribution is 2.40. The third kappa shape index (κ3) is 6.61. The molecule has 3 rings (SSSR count). The predicted octanol–water partition coefficient (Wildman–Crippen LogP) is 7.80.